The van der Waals surface area contributed by atoms with Crippen LogP contribution >= 0.6 is 23.6 Å². The molecule has 1 aromatic heterocycles. The number of thiazole rings is 1. The predicted octanol–water partition coefficient (Wildman–Crippen LogP) is 1.01. The van der Waals surface area contributed by atoms with Crippen molar-refractivity contribution < 1.29 is 0 Å². The van der Waals surface area contributed by atoms with E-state index in [1.54, 1.807) is 11.3 Å². The van der Waals surface area contributed by atoms with Crippen LogP contribution in [0.3, 0.4) is 0 Å². The van der Waals surface area contributed by atoms with Gasteiger partial charge in [0, 0.05) is 5.38 Å². The van der Waals surface area contributed by atoms with E-state index in [4.69, 9.17) is 5.73 Å². The number of hydrazone groups is 1. The van der Waals surface area contributed by atoms with Gasteiger partial charge in [-0.15, -0.1) is 11.3 Å². The maximum Gasteiger partial charge on any atom is 0.184 e. The van der Waals surface area contributed by atoms with Crippen LogP contribution in [-0.4, -0.2) is 15.8 Å². The Hall–Kier alpha value is -1.01. The van der Waals surface area contributed by atoms with Gasteiger partial charge in [-0.05, 0) is 26.1 Å². The van der Waals surface area contributed by atoms with Crippen LogP contribution in [0.5, 0.6) is 0 Å². The molecule has 0 aromatic carbocycles. The molecule has 0 aliphatic rings. The van der Waals surface area contributed by atoms with Crippen molar-refractivity contribution in [2.24, 2.45) is 10.8 Å². The number of hydrogen-bond acceptors (Lipinski definition) is 4. The van der Waals surface area contributed by atoms with E-state index in [1.165, 1.54) is 0 Å². The lowest BCUT2D eigenvalue weighted by molar-refractivity contribution is 1.02. The van der Waals surface area contributed by atoms with Crippen LogP contribution in [0, 0.1) is 6.92 Å². The molecule has 3 N–H and O–H groups in total. The molecule has 1 aromatic rings. The van der Waals surface area contributed by atoms with E-state index < -0.39 is 0 Å². The fourth-order valence-electron chi connectivity index (χ4n) is 0.726. The molecule has 0 aliphatic heterocycles. The number of aromatic nitrogens is 1. The zero-order chi connectivity index (χ0) is 9.84. The van der Waals surface area contributed by atoms with Crippen LogP contribution < -0.4 is 11.2 Å². The van der Waals surface area contributed by atoms with Crippen molar-refractivity contribution >= 4 is 34.4 Å². The van der Waals surface area contributed by atoms with Gasteiger partial charge in [0.05, 0.1) is 16.4 Å². The minimum Gasteiger partial charge on any atom is -0.375 e. The maximum absolute atomic E-state index is 5.22. The first-order valence-electron chi connectivity index (χ1n) is 3.62. The van der Waals surface area contributed by atoms with Crippen molar-refractivity contribution in [1.82, 2.24) is 10.4 Å². The van der Waals surface area contributed by atoms with Gasteiger partial charge in [-0.1, -0.05) is 0 Å². The highest BCUT2D eigenvalue weighted by atomic mass is 32.1. The minimum absolute atomic E-state index is 0.159. The summed E-state index contributed by atoms with van der Waals surface area (Å²) in [5, 5.41) is 7.06. The molecule has 70 valence electrons. The fourth-order valence-corrected chi connectivity index (χ4v) is 1.43. The Bertz CT molecular complexity index is 342. The molecular formula is C7H10N4S2. The summed E-state index contributed by atoms with van der Waals surface area (Å²) in [5.74, 6) is 0. The van der Waals surface area contributed by atoms with Crippen LogP contribution in [-0.2, 0) is 0 Å². The van der Waals surface area contributed by atoms with E-state index >= 15 is 0 Å². The second kappa shape index (κ2) is 4.29. The van der Waals surface area contributed by atoms with E-state index in [0.29, 0.717) is 0 Å². The van der Waals surface area contributed by atoms with E-state index in [9.17, 15) is 0 Å². The Morgan fingerprint density at radius 3 is 2.92 bits per heavy atom. The lowest BCUT2D eigenvalue weighted by atomic mass is 10.3. The first-order valence-corrected chi connectivity index (χ1v) is 4.90. The van der Waals surface area contributed by atoms with E-state index in [2.05, 4.69) is 27.7 Å². The van der Waals surface area contributed by atoms with Crippen molar-refractivity contribution in [3.05, 3.63) is 16.1 Å². The molecule has 0 radical (unpaired) electrons. The van der Waals surface area contributed by atoms with Gasteiger partial charge in [0.25, 0.3) is 0 Å². The largest absolute Gasteiger partial charge is 0.375 e. The third-order valence-corrected chi connectivity index (χ3v) is 2.19. The van der Waals surface area contributed by atoms with Gasteiger partial charge in [-0.25, -0.2) is 4.98 Å². The molecule has 0 unspecified atom stereocenters. The minimum atomic E-state index is 0.159. The van der Waals surface area contributed by atoms with E-state index in [-0.39, 0.29) is 5.11 Å². The molecule has 6 heteroatoms. The van der Waals surface area contributed by atoms with Gasteiger partial charge >= 0.3 is 0 Å². The molecule has 0 spiro atoms. The van der Waals surface area contributed by atoms with Crippen molar-refractivity contribution in [3.8, 4) is 0 Å². The Balaban J connectivity index is 2.72. The lowest BCUT2D eigenvalue weighted by Crippen LogP contribution is -2.25. The number of nitrogens with one attached hydrogen (secondary N) is 1. The van der Waals surface area contributed by atoms with Crippen LogP contribution in [0.15, 0.2) is 10.5 Å². The molecule has 0 saturated heterocycles. The molecule has 1 heterocycles. The van der Waals surface area contributed by atoms with Crippen molar-refractivity contribution in [2.45, 2.75) is 13.8 Å². The molecule has 0 atom stereocenters. The molecule has 13 heavy (non-hydrogen) atoms. The van der Waals surface area contributed by atoms with Crippen LogP contribution in [0.2, 0.25) is 0 Å². The predicted molar refractivity (Wildman–Crippen MR) is 59.0 cm³/mol. The average Bonchev–Trinajstić information content (AvgIpc) is 2.47. The van der Waals surface area contributed by atoms with E-state index in [1.807, 2.05) is 19.2 Å². The lowest BCUT2D eigenvalue weighted by Gasteiger charge is -1.97. The zero-order valence-corrected chi connectivity index (χ0v) is 9.00. The van der Waals surface area contributed by atoms with Gasteiger partial charge in [0.15, 0.2) is 5.11 Å². The highest BCUT2D eigenvalue weighted by Gasteiger charge is 2.01. The summed E-state index contributed by atoms with van der Waals surface area (Å²) in [6, 6.07) is 0. The molecule has 0 bridgehead atoms. The van der Waals surface area contributed by atoms with Crippen molar-refractivity contribution in [2.75, 3.05) is 0 Å². The average molecular weight is 214 g/mol. The van der Waals surface area contributed by atoms with E-state index in [0.717, 1.165) is 16.4 Å². The van der Waals surface area contributed by atoms with Crippen LogP contribution in [0.25, 0.3) is 0 Å². The number of nitrogens with zero attached hydrogens (tertiary/aromatic N) is 2. The van der Waals surface area contributed by atoms with Gasteiger partial charge in [0.1, 0.15) is 0 Å². The number of aryl methyl sites for hydroxylation is 1. The summed E-state index contributed by atoms with van der Waals surface area (Å²) in [6.45, 7) is 3.79. The standard InChI is InChI=1S/C7H10N4S2/c1-4(10-11-7(8)12)6-3-13-5(2)9-6/h3H,1-2H3,(H3,8,11,12)/b10-4-. The normalized spacial score (nSPS) is 11.4. The molecule has 0 amide bonds. The van der Waals surface area contributed by atoms with Crippen LogP contribution in [0.1, 0.15) is 17.6 Å². The second-order valence-corrected chi connectivity index (χ2v) is 3.93. The third kappa shape index (κ3) is 3.08. The molecule has 4 nitrogen and oxygen atoms in total. The molecule has 0 fully saturated rings. The fraction of sp³-hybridized carbons (Fsp3) is 0.286. The highest BCUT2D eigenvalue weighted by molar-refractivity contribution is 7.80. The van der Waals surface area contributed by atoms with Crippen molar-refractivity contribution in [1.29, 1.82) is 0 Å². The smallest absolute Gasteiger partial charge is 0.184 e. The Morgan fingerprint density at radius 2 is 2.46 bits per heavy atom. The highest BCUT2D eigenvalue weighted by Crippen LogP contribution is 2.08. The summed E-state index contributed by atoms with van der Waals surface area (Å²) in [5.41, 5.74) is 9.36. The number of thiocarbonyl (C=S) groups is 1. The number of hydrogen-bond donors (Lipinski definition) is 2. The zero-order valence-electron chi connectivity index (χ0n) is 7.37. The first kappa shape index (κ1) is 10.1. The maximum atomic E-state index is 5.22. The van der Waals surface area contributed by atoms with Gasteiger partial charge in [0.2, 0.25) is 0 Å². The Kier molecular flexibility index (Phi) is 3.32. The van der Waals surface area contributed by atoms with Crippen LogP contribution in [0.4, 0.5) is 0 Å². The summed E-state index contributed by atoms with van der Waals surface area (Å²) < 4.78 is 0. The number of rotatable bonds is 2. The number of nitrogens with two attached hydrogens (primary N) is 1. The molecular weight excluding hydrogens is 204 g/mol. The third-order valence-electron chi connectivity index (χ3n) is 1.32. The Labute approximate surface area is 85.9 Å². The summed E-state index contributed by atoms with van der Waals surface area (Å²) >= 11 is 6.19. The van der Waals surface area contributed by atoms with Crippen molar-refractivity contribution in [3.63, 3.8) is 0 Å². The summed E-state index contributed by atoms with van der Waals surface area (Å²) in [4.78, 5) is 4.25. The topological polar surface area (TPSA) is 63.3 Å². The molecule has 0 saturated carbocycles. The first-order chi connectivity index (χ1) is 6.09. The summed E-state index contributed by atoms with van der Waals surface area (Å²) in [6.07, 6.45) is 0. The summed E-state index contributed by atoms with van der Waals surface area (Å²) in [7, 11) is 0. The van der Waals surface area contributed by atoms with Gasteiger partial charge < -0.3 is 5.73 Å². The SMILES string of the molecule is C/C(=N/NC(N)=S)c1csc(C)n1. The Morgan fingerprint density at radius 1 is 1.77 bits per heavy atom. The molecule has 0 aliphatic carbocycles. The monoisotopic (exact) mass is 214 g/mol. The van der Waals surface area contributed by atoms with Gasteiger partial charge in [-0.3, -0.25) is 5.43 Å². The van der Waals surface area contributed by atoms with Gasteiger partial charge in [-0.2, -0.15) is 5.10 Å². The second-order valence-electron chi connectivity index (χ2n) is 2.43. The molecule has 1 rings (SSSR count). The quantitative estimate of drug-likeness (QED) is 0.438.